The van der Waals surface area contributed by atoms with Crippen LogP contribution in [0, 0.1) is 6.92 Å². The van der Waals surface area contributed by atoms with Crippen LogP contribution in [-0.4, -0.2) is 52.1 Å². The molecule has 0 atom stereocenters. The highest BCUT2D eigenvalue weighted by molar-refractivity contribution is 7.15. The second-order valence-electron chi connectivity index (χ2n) is 4.80. The third-order valence-corrected chi connectivity index (χ3v) is 3.66. The van der Waals surface area contributed by atoms with Gasteiger partial charge < -0.3 is 0 Å². The highest BCUT2D eigenvalue weighted by atomic mass is 32.1. The molecule has 0 spiro atoms. The predicted molar refractivity (Wildman–Crippen MR) is 64.0 cm³/mol. The second kappa shape index (κ2) is 6.66. The van der Waals surface area contributed by atoms with Crippen molar-refractivity contribution in [1.29, 1.82) is 0 Å². The molecule has 0 saturated heterocycles. The molecule has 1 heterocycles. The Morgan fingerprint density at radius 3 is 1.74 bits per heavy atom. The molecule has 0 aliphatic heterocycles. The fourth-order valence-electron chi connectivity index (χ4n) is 1.41. The monoisotopic (exact) mass is 443 g/mol. The van der Waals surface area contributed by atoms with Crippen LogP contribution in [0.5, 0.6) is 0 Å². The molecule has 27 heavy (non-hydrogen) atoms. The topological polar surface area (TPSA) is 54.9 Å². The molecule has 0 aliphatic rings. The average Bonchev–Trinajstić information content (AvgIpc) is 2.91. The van der Waals surface area contributed by atoms with Crippen LogP contribution in [0.25, 0.3) is 0 Å². The number of carbonyl (C=O) groups is 1. The number of hydrogen-bond donors (Lipinski definition) is 1. The average molecular weight is 443 g/mol. The third-order valence-electron chi connectivity index (χ3n) is 2.91. The van der Waals surface area contributed by atoms with Gasteiger partial charge in [0.1, 0.15) is 5.01 Å². The Bertz CT molecular complexity index is 703. The summed E-state index contributed by atoms with van der Waals surface area (Å²) >= 11 is 0.277. The number of amides is 1. The number of alkyl halides is 12. The molecule has 0 fully saturated rings. The van der Waals surface area contributed by atoms with Gasteiger partial charge in [-0.15, -0.1) is 10.2 Å². The van der Waals surface area contributed by atoms with Gasteiger partial charge in [0, 0.05) is 0 Å². The van der Waals surface area contributed by atoms with E-state index < -0.39 is 47.1 Å². The van der Waals surface area contributed by atoms with E-state index in [2.05, 4.69) is 10.2 Å². The minimum atomic E-state index is -7.77. The Morgan fingerprint density at radius 2 is 1.37 bits per heavy atom. The van der Waals surface area contributed by atoms with Gasteiger partial charge in [0.05, 0.1) is 0 Å². The molecule has 0 bridgehead atoms. The number of halogens is 12. The number of carbonyl (C=O) groups excluding carboxylic acids is 1. The number of aromatic nitrogens is 2. The van der Waals surface area contributed by atoms with Gasteiger partial charge in [0.25, 0.3) is 0 Å². The standard InChI is InChI=1S/C10H5F12N3OS/c1-2-24-25-5(27-2)23-4(26)7(15,16)9(19,20)10(21,22)8(17,18)6(13,14)3(11)12/h3H,1H3,(H,23,25,26). The molecular formula is C10H5F12N3OS. The summed E-state index contributed by atoms with van der Waals surface area (Å²) in [6.45, 7) is 1.18. The second-order valence-corrected chi connectivity index (χ2v) is 5.98. The van der Waals surface area contributed by atoms with E-state index in [0.29, 0.717) is 0 Å². The first-order valence-electron chi connectivity index (χ1n) is 6.12. The van der Waals surface area contributed by atoms with E-state index in [-0.39, 0.29) is 16.3 Å². The van der Waals surface area contributed by atoms with E-state index in [1.54, 1.807) is 0 Å². The maximum atomic E-state index is 13.5. The minimum absolute atomic E-state index is 0.0335. The SMILES string of the molecule is Cc1nnc(NC(=O)C(F)(F)C(F)(F)C(F)(F)C(F)(F)C(F)(F)C(F)F)s1. The van der Waals surface area contributed by atoms with Gasteiger partial charge in [0.15, 0.2) is 0 Å². The molecule has 0 aliphatic carbocycles. The summed E-state index contributed by atoms with van der Waals surface area (Å²) in [5.74, 6) is -40.1. The lowest BCUT2D eigenvalue weighted by atomic mass is 9.94. The van der Waals surface area contributed by atoms with Crippen LogP contribution in [0.1, 0.15) is 5.01 Å². The lowest BCUT2D eigenvalue weighted by molar-refractivity contribution is -0.406. The van der Waals surface area contributed by atoms with Gasteiger partial charge in [0.2, 0.25) is 5.13 Å². The molecule has 17 heteroatoms. The van der Waals surface area contributed by atoms with Gasteiger partial charge in [-0.2, -0.15) is 43.9 Å². The number of anilines is 1. The van der Waals surface area contributed by atoms with Crippen LogP contribution in [0.2, 0.25) is 0 Å². The molecule has 1 aromatic rings. The summed E-state index contributed by atoms with van der Waals surface area (Å²) in [7, 11) is 0. The first-order chi connectivity index (χ1) is 11.8. The first kappa shape index (κ1) is 23.2. The van der Waals surface area contributed by atoms with E-state index in [4.69, 9.17) is 0 Å². The van der Waals surface area contributed by atoms with Gasteiger partial charge in [-0.1, -0.05) is 11.3 Å². The Hall–Kier alpha value is -1.81. The van der Waals surface area contributed by atoms with Crippen molar-refractivity contribution in [3.8, 4) is 0 Å². The molecule has 1 N–H and O–H groups in total. The summed E-state index contributed by atoms with van der Waals surface area (Å²) in [5.41, 5.74) is 0. The number of aryl methyl sites for hydroxylation is 1. The number of nitrogens with zero attached hydrogens (tertiary/aromatic N) is 2. The summed E-state index contributed by atoms with van der Waals surface area (Å²) < 4.78 is 155. The Morgan fingerprint density at radius 1 is 0.889 bits per heavy atom. The number of rotatable bonds is 7. The zero-order valence-corrected chi connectivity index (χ0v) is 13.1. The largest absolute Gasteiger partial charge is 0.393 e. The third kappa shape index (κ3) is 3.40. The van der Waals surface area contributed by atoms with Gasteiger partial charge in [-0.05, 0) is 6.92 Å². The van der Waals surface area contributed by atoms with Crippen molar-refractivity contribution in [2.45, 2.75) is 43.0 Å². The van der Waals surface area contributed by atoms with Crippen molar-refractivity contribution < 1.29 is 57.5 Å². The lowest BCUT2D eigenvalue weighted by Gasteiger charge is -2.38. The smallest absolute Gasteiger partial charge is 0.295 e. The molecule has 0 aromatic carbocycles. The van der Waals surface area contributed by atoms with Gasteiger partial charge in [-0.25, -0.2) is 8.78 Å². The molecule has 1 aromatic heterocycles. The summed E-state index contributed by atoms with van der Waals surface area (Å²) in [5, 5.41) is 5.93. The van der Waals surface area contributed by atoms with Crippen molar-refractivity contribution in [1.82, 2.24) is 10.2 Å². The van der Waals surface area contributed by atoms with Crippen molar-refractivity contribution in [2.75, 3.05) is 5.32 Å². The molecule has 156 valence electrons. The lowest BCUT2D eigenvalue weighted by Crippen LogP contribution is -2.70. The van der Waals surface area contributed by atoms with E-state index in [1.807, 2.05) is 0 Å². The fraction of sp³-hybridized carbons (Fsp3) is 0.700. The number of nitrogens with one attached hydrogen (secondary N) is 1. The van der Waals surface area contributed by atoms with Crippen molar-refractivity contribution in [3.05, 3.63) is 5.01 Å². The van der Waals surface area contributed by atoms with Crippen LogP contribution in [0.15, 0.2) is 0 Å². The highest BCUT2D eigenvalue weighted by Gasteiger charge is 2.89. The molecule has 4 nitrogen and oxygen atoms in total. The number of hydrogen-bond acceptors (Lipinski definition) is 4. The van der Waals surface area contributed by atoms with Crippen molar-refractivity contribution >= 4 is 22.4 Å². The Balaban J connectivity index is 3.32. The van der Waals surface area contributed by atoms with Crippen molar-refractivity contribution in [2.24, 2.45) is 0 Å². The highest BCUT2D eigenvalue weighted by Crippen LogP contribution is 2.58. The zero-order valence-electron chi connectivity index (χ0n) is 12.3. The molecule has 0 saturated carbocycles. The van der Waals surface area contributed by atoms with Crippen molar-refractivity contribution in [3.63, 3.8) is 0 Å². The summed E-state index contributed by atoms with van der Waals surface area (Å²) in [6, 6.07) is 0. The van der Waals surface area contributed by atoms with E-state index >= 15 is 0 Å². The molecule has 1 rings (SSSR count). The van der Waals surface area contributed by atoms with E-state index in [9.17, 15) is 57.5 Å². The maximum absolute atomic E-state index is 13.5. The van der Waals surface area contributed by atoms with Gasteiger partial charge in [-0.3, -0.25) is 10.1 Å². The van der Waals surface area contributed by atoms with Crippen LogP contribution in [0.3, 0.4) is 0 Å². The van der Waals surface area contributed by atoms with Crippen LogP contribution < -0.4 is 5.32 Å². The van der Waals surface area contributed by atoms with Gasteiger partial charge >= 0.3 is 41.9 Å². The predicted octanol–water partition coefficient (Wildman–Crippen LogP) is 4.23. The van der Waals surface area contributed by atoms with Crippen LogP contribution in [0.4, 0.5) is 57.8 Å². The minimum Gasteiger partial charge on any atom is -0.295 e. The quantitative estimate of drug-likeness (QED) is 0.643. The zero-order chi connectivity index (χ0) is 21.6. The Labute approximate surface area is 144 Å². The fourth-order valence-corrected chi connectivity index (χ4v) is 1.99. The first-order valence-corrected chi connectivity index (χ1v) is 6.94. The Kier molecular flexibility index (Phi) is 5.73. The molecule has 0 unspecified atom stereocenters. The molecule has 0 radical (unpaired) electrons. The van der Waals surface area contributed by atoms with Crippen LogP contribution in [-0.2, 0) is 4.79 Å². The summed E-state index contributed by atoms with van der Waals surface area (Å²) in [4.78, 5) is 11.1. The normalized spacial score (nSPS) is 14.6. The maximum Gasteiger partial charge on any atom is 0.393 e. The van der Waals surface area contributed by atoms with E-state index in [1.165, 1.54) is 6.92 Å². The molecule has 1 amide bonds. The van der Waals surface area contributed by atoms with E-state index in [0.717, 1.165) is 5.32 Å². The molecular weight excluding hydrogens is 438 g/mol. The summed E-state index contributed by atoms with van der Waals surface area (Å²) in [6.07, 6.45) is -5.61. The van der Waals surface area contributed by atoms with Crippen LogP contribution >= 0.6 is 11.3 Å².